The highest BCUT2D eigenvalue weighted by atomic mass is 32.1. The zero-order chi connectivity index (χ0) is 16.1. The van der Waals surface area contributed by atoms with Crippen molar-refractivity contribution in [2.75, 3.05) is 0 Å². The topological polar surface area (TPSA) is 40.9 Å². The summed E-state index contributed by atoms with van der Waals surface area (Å²) in [5, 5.41) is 12.8. The van der Waals surface area contributed by atoms with Crippen LogP contribution in [0.5, 0.6) is 0 Å². The largest absolute Gasteiger partial charge is 0.288 e. The lowest BCUT2D eigenvalue weighted by atomic mass is 10.0. The Morgan fingerprint density at radius 1 is 0.957 bits per heavy atom. The van der Waals surface area contributed by atoms with Crippen LogP contribution in [0.4, 0.5) is 0 Å². The van der Waals surface area contributed by atoms with E-state index in [1.165, 1.54) is 11.3 Å². The van der Waals surface area contributed by atoms with E-state index in [-0.39, 0.29) is 11.4 Å². The predicted octanol–water partition coefficient (Wildman–Crippen LogP) is 5.20. The number of rotatable bonds is 4. The average molecular weight is 315 g/mol. The molecule has 0 amide bonds. The van der Waals surface area contributed by atoms with Crippen molar-refractivity contribution in [2.45, 2.75) is 0 Å². The third-order valence-corrected chi connectivity index (χ3v) is 4.16. The number of ketones is 1. The number of carbonyl (C=O) groups is 1. The van der Waals surface area contributed by atoms with Crippen molar-refractivity contribution in [3.63, 3.8) is 0 Å². The summed E-state index contributed by atoms with van der Waals surface area (Å²) in [4.78, 5) is 12.2. The number of thiophene rings is 1. The Labute approximate surface area is 139 Å². The zero-order valence-corrected chi connectivity index (χ0v) is 13.1. The van der Waals surface area contributed by atoms with Gasteiger partial charge in [0.15, 0.2) is 0 Å². The van der Waals surface area contributed by atoms with Crippen LogP contribution in [0.2, 0.25) is 0 Å². The summed E-state index contributed by atoms with van der Waals surface area (Å²) >= 11 is 1.44. The number of nitriles is 1. The van der Waals surface area contributed by atoms with Gasteiger partial charge < -0.3 is 0 Å². The van der Waals surface area contributed by atoms with E-state index >= 15 is 0 Å². The van der Waals surface area contributed by atoms with Crippen molar-refractivity contribution in [1.82, 2.24) is 0 Å². The molecule has 23 heavy (non-hydrogen) atoms. The predicted molar refractivity (Wildman–Crippen MR) is 94.1 cm³/mol. The average Bonchev–Trinajstić information content (AvgIpc) is 3.15. The van der Waals surface area contributed by atoms with Crippen molar-refractivity contribution >= 4 is 23.2 Å². The molecule has 2 nitrogen and oxygen atoms in total. The Bertz CT molecular complexity index is 870. The first-order valence-electron chi connectivity index (χ1n) is 7.12. The number of carbonyl (C=O) groups excluding carboxylic acids is 1. The highest BCUT2D eigenvalue weighted by molar-refractivity contribution is 7.08. The Hall–Kier alpha value is -2.96. The standard InChI is InChI=1S/C20H13NOS/c21-13-19(20(22)18-10-11-23-14-18)12-15-6-8-17(9-7-15)16-4-2-1-3-5-16/h1-12,14H/b19-12+. The second-order valence-corrected chi connectivity index (χ2v) is 5.78. The van der Waals surface area contributed by atoms with Gasteiger partial charge in [-0.05, 0) is 34.2 Å². The van der Waals surface area contributed by atoms with Crippen molar-refractivity contribution in [3.8, 4) is 17.2 Å². The van der Waals surface area contributed by atoms with Crippen LogP contribution >= 0.6 is 11.3 Å². The zero-order valence-electron chi connectivity index (χ0n) is 12.3. The summed E-state index contributed by atoms with van der Waals surface area (Å²) in [5.74, 6) is -0.235. The molecule has 0 spiro atoms. The molecule has 0 radical (unpaired) electrons. The molecule has 0 bridgehead atoms. The first-order valence-corrected chi connectivity index (χ1v) is 8.06. The molecule has 0 unspecified atom stereocenters. The molecule has 3 heteroatoms. The number of benzene rings is 2. The van der Waals surface area contributed by atoms with E-state index in [4.69, 9.17) is 0 Å². The fourth-order valence-corrected chi connectivity index (χ4v) is 2.90. The Morgan fingerprint density at radius 2 is 1.65 bits per heavy atom. The highest BCUT2D eigenvalue weighted by Crippen LogP contribution is 2.21. The van der Waals surface area contributed by atoms with Crippen LogP contribution in [-0.2, 0) is 0 Å². The maximum Gasteiger partial charge on any atom is 0.204 e. The number of allylic oxidation sites excluding steroid dienone is 1. The van der Waals surface area contributed by atoms with Gasteiger partial charge in [0, 0.05) is 10.9 Å². The summed E-state index contributed by atoms with van der Waals surface area (Å²) in [6, 6.07) is 21.6. The fourth-order valence-electron chi connectivity index (χ4n) is 2.27. The Balaban J connectivity index is 1.87. The number of Topliss-reactive ketones (excluding diaryl/α,β-unsaturated/α-hetero) is 1. The van der Waals surface area contributed by atoms with E-state index in [0.29, 0.717) is 5.56 Å². The van der Waals surface area contributed by atoms with Crippen molar-refractivity contribution in [2.24, 2.45) is 0 Å². The van der Waals surface area contributed by atoms with Crippen LogP contribution in [0.3, 0.4) is 0 Å². The molecular weight excluding hydrogens is 302 g/mol. The van der Waals surface area contributed by atoms with E-state index in [0.717, 1.165) is 16.7 Å². The van der Waals surface area contributed by atoms with Crippen LogP contribution in [0.1, 0.15) is 15.9 Å². The molecule has 0 aliphatic rings. The van der Waals surface area contributed by atoms with Crippen LogP contribution in [0.15, 0.2) is 77.0 Å². The quantitative estimate of drug-likeness (QED) is 0.377. The van der Waals surface area contributed by atoms with Gasteiger partial charge in [-0.2, -0.15) is 16.6 Å². The fraction of sp³-hybridized carbons (Fsp3) is 0. The van der Waals surface area contributed by atoms with Gasteiger partial charge in [-0.15, -0.1) is 0 Å². The minimum Gasteiger partial charge on any atom is -0.288 e. The Kier molecular flexibility index (Phi) is 4.46. The van der Waals surface area contributed by atoms with Crippen LogP contribution < -0.4 is 0 Å². The summed E-state index contributed by atoms with van der Waals surface area (Å²) in [5.41, 5.74) is 3.78. The molecular formula is C20H13NOS. The molecule has 0 fully saturated rings. The second-order valence-electron chi connectivity index (χ2n) is 5.00. The molecule has 1 heterocycles. The van der Waals surface area contributed by atoms with Gasteiger partial charge in [0.25, 0.3) is 0 Å². The summed E-state index contributed by atoms with van der Waals surface area (Å²) in [6.07, 6.45) is 1.63. The van der Waals surface area contributed by atoms with E-state index < -0.39 is 0 Å². The third kappa shape index (κ3) is 3.45. The van der Waals surface area contributed by atoms with E-state index in [1.807, 2.05) is 66.0 Å². The van der Waals surface area contributed by atoms with E-state index in [9.17, 15) is 10.1 Å². The summed E-state index contributed by atoms with van der Waals surface area (Å²) in [6.45, 7) is 0. The molecule has 0 saturated carbocycles. The lowest BCUT2D eigenvalue weighted by Crippen LogP contribution is -1.99. The SMILES string of the molecule is N#C/C(=C\c1ccc(-c2ccccc2)cc1)C(=O)c1ccsc1. The second kappa shape index (κ2) is 6.87. The van der Waals surface area contributed by atoms with Gasteiger partial charge in [-0.25, -0.2) is 0 Å². The molecule has 0 atom stereocenters. The third-order valence-electron chi connectivity index (χ3n) is 3.48. The molecule has 110 valence electrons. The number of nitrogens with zero attached hydrogens (tertiary/aromatic N) is 1. The molecule has 3 aromatic rings. The van der Waals surface area contributed by atoms with Crippen LogP contribution in [0, 0.1) is 11.3 Å². The molecule has 3 rings (SSSR count). The molecule has 0 N–H and O–H groups in total. The normalized spacial score (nSPS) is 11.0. The molecule has 0 aliphatic heterocycles. The van der Waals surface area contributed by atoms with Gasteiger partial charge in [0.05, 0.1) is 0 Å². The monoisotopic (exact) mass is 315 g/mol. The van der Waals surface area contributed by atoms with Gasteiger partial charge in [0.1, 0.15) is 11.6 Å². The number of hydrogen-bond donors (Lipinski definition) is 0. The molecule has 1 aromatic heterocycles. The van der Waals surface area contributed by atoms with E-state index in [1.54, 1.807) is 17.5 Å². The van der Waals surface area contributed by atoms with Crippen LogP contribution in [-0.4, -0.2) is 5.78 Å². The molecule has 0 aliphatic carbocycles. The van der Waals surface area contributed by atoms with E-state index in [2.05, 4.69) is 0 Å². The molecule has 0 saturated heterocycles. The smallest absolute Gasteiger partial charge is 0.204 e. The first kappa shape index (κ1) is 15.0. The van der Waals surface area contributed by atoms with Gasteiger partial charge in [-0.1, -0.05) is 54.6 Å². The number of hydrogen-bond acceptors (Lipinski definition) is 3. The maximum atomic E-state index is 12.2. The van der Waals surface area contributed by atoms with Gasteiger partial charge >= 0.3 is 0 Å². The van der Waals surface area contributed by atoms with Gasteiger partial charge in [0.2, 0.25) is 5.78 Å². The lowest BCUT2D eigenvalue weighted by molar-refractivity contribution is 0.104. The van der Waals surface area contributed by atoms with Crippen molar-refractivity contribution < 1.29 is 4.79 Å². The Morgan fingerprint density at radius 3 is 2.26 bits per heavy atom. The first-order chi connectivity index (χ1) is 11.3. The van der Waals surface area contributed by atoms with Gasteiger partial charge in [-0.3, -0.25) is 4.79 Å². The van der Waals surface area contributed by atoms with Crippen LogP contribution in [0.25, 0.3) is 17.2 Å². The minimum atomic E-state index is -0.235. The maximum absolute atomic E-state index is 12.2. The van der Waals surface area contributed by atoms with Crippen molar-refractivity contribution in [3.05, 3.63) is 88.1 Å². The summed E-state index contributed by atoms with van der Waals surface area (Å²) < 4.78 is 0. The molecule has 2 aromatic carbocycles. The minimum absolute atomic E-state index is 0.149. The lowest BCUT2D eigenvalue weighted by Gasteiger charge is -2.02. The van der Waals surface area contributed by atoms with Crippen molar-refractivity contribution in [1.29, 1.82) is 5.26 Å². The summed E-state index contributed by atoms with van der Waals surface area (Å²) in [7, 11) is 0. The highest BCUT2D eigenvalue weighted by Gasteiger charge is 2.12.